The van der Waals surface area contributed by atoms with E-state index in [0.717, 1.165) is 16.1 Å². The third kappa shape index (κ3) is 5.34. The summed E-state index contributed by atoms with van der Waals surface area (Å²) >= 11 is 1.51. The van der Waals surface area contributed by atoms with E-state index in [1.54, 1.807) is 12.3 Å². The Bertz CT molecular complexity index is 873. The van der Waals surface area contributed by atoms with Crippen molar-refractivity contribution in [2.24, 2.45) is 0 Å². The van der Waals surface area contributed by atoms with E-state index in [1.807, 2.05) is 78.7 Å². The number of aliphatic hydroxyl groups excluding tert-OH is 1. The number of thioether (sulfide) groups is 1. The molecule has 2 aromatic carbocycles. The molecule has 0 aliphatic rings. The zero-order valence-electron chi connectivity index (χ0n) is 15.7. The minimum absolute atomic E-state index is 0.0739. The summed E-state index contributed by atoms with van der Waals surface area (Å²) < 4.78 is 0. The van der Waals surface area contributed by atoms with Crippen LogP contribution in [0.1, 0.15) is 10.8 Å². The number of rotatable bonds is 8. The normalized spacial score (nSPS) is 11.6. The Labute approximate surface area is 169 Å². The molecular formula is C22H23N3O2S. The molecule has 1 unspecified atom stereocenters. The summed E-state index contributed by atoms with van der Waals surface area (Å²) in [5.41, 5.74) is 1.82. The quantitative estimate of drug-likeness (QED) is 0.567. The predicted octanol–water partition coefficient (Wildman–Crippen LogP) is 3.98. The highest BCUT2D eigenvalue weighted by Gasteiger charge is 2.22. The number of carbonyl (C=O) groups is 1. The van der Waals surface area contributed by atoms with E-state index >= 15 is 0 Å². The van der Waals surface area contributed by atoms with Crippen LogP contribution in [0.2, 0.25) is 0 Å². The highest BCUT2D eigenvalue weighted by Crippen LogP contribution is 2.36. The minimum atomic E-state index is -0.387. The van der Waals surface area contributed by atoms with E-state index in [-0.39, 0.29) is 17.8 Å². The fourth-order valence-corrected chi connectivity index (χ4v) is 3.74. The Hall–Kier alpha value is -2.83. The lowest BCUT2D eigenvalue weighted by Crippen LogP contribution is -2.22. The van der Waals surface area contributed by atoms with Gasteiger partial charge in [0, 0.05) is 18.5 Å². The number of nitrogens with zero attached hydrogens (tertiary/aromatic N) is 2. The molecule has 1 heterocycles. The first-order valence-electron chi connectivity index (χ1n) is 9.03. The number of benzene rings is 2. The molecule has 5 nitrogen and oxygen atoms in total. The van der Waals surface area contributed by atoms with Crippen molar-refractivity contribution in [1.29, 1.82) is 0 Å². The number of amides is 1. The topological polar surface area (TPSA) is 65.5 Å². The van der Waals surface area contributed by atoms with Crippen molar-refractivity contribution in [2.45, 2.75) is 10.1 Å². The van der Waals surface area contributed by atoms with E-state index in [9.17, 15) is 4.79 Å². The maximum atomic E-state index is 13.0. The lowest BCUT2D eigenvalue weighted by molar-refractivity contribution is -0.115. The van der Waals surface area contributed by atoms with Crippen molar-refractivity contribution in [1.82, 2.24) is 4.98 Å². The van der Waals surface area contributed by atoms with Crippen LogP contribution in [0.4, 0.5) is 11.5 Å². The van der Waals surface area contributed by atoms with Gasteiger partial charge in [-0.1, -0.05) is 48.5 Å². The molecule has 2 N–H and O–H groups in total. The van der Waals surface area contributed by atoms with Crippen molar-refractivity contribution < 1.29 is 9.90 Å². The molecule has 3 rings (SSSR count). The van der Waals surface area contributed by atoms with Crippen molar-refractivity contribution in [3.63, 3.8) is 0 Å². The second-order valence-electron chi connectivity index (χ2n) is 6.26. The number of hydrogen-bond acceptors (Lipinski definition) is 5. The Kier molecular flexibility index (Phi) is 7.06. The van der Waals surface area contributed by atoms with E-state index in [1.165, 1.54) is 11.8 Å². The Morgan fingerprint density at radius 1 is 1.07 bits per heavy atom. The number of nitrogens with one attached hydrogen (secondary N) is 1. The van der Waals surface area contributed by atoms with Gasteiger partial charge in [0.1, 0.15) is 11.1 Å². The lowest BCUT2D eigenvalue weighted by Gasteiger charge is -2.19. The van der Waals surface area contributed by atoms with Gasteiger partial charge in [0.2, 0.25) is 5.91 Å². The minimum Gasteiger partial charge on any atom is -0.395 e. The van der Waals surface area contributed by atoms with E-state index in [0.29, 0.717) is 12.4 Å². The number of anilines is 2. The smallest absolute Gasteiger partial charge is 0.243 e. The molecule has 6 heteroatoms. The second-order valence-corrected chi connectivity index (χ2v) is 7.44. The van der Waals surface area contributed by atoms with Gasteiger partial charge in [-0.05, 0) is 29.8 Å². The van der Waals surface area contributed by atoms with Crippen molar-refractivity contribution in [3.05, 3.63) is 84.6 Å². The zero-order chi connectivity index (χ0) is 19.8. The molecular weight excluding hydrogens is 370 g/mol. The number of aromatic nitrogens is 1. The summed E-state index contributed by atoms with van der Waals surface area (Å²) in [6.07, 6.45) is 1.69. The first-order chi connectivity index (χ1) is 13.7. The molecule has 0 saturated carbocycles. The first kappa shape index (κ1) is 19.9. The van der Waals surface area contributed by atoms with Crippen LogP contribution in [0, 0.1) is 0 Å². The van der Waals surface area contributed by atoms with Crippen LogP contribution in [0.25, 0.3) is 0 Å². The highest BCUT2D eigenvalue weighted by atomic mass is 32.2. The zero-order valence-corrected chi connectivity index (χ0v) is 16.5. The monoisotopic (exact) mass is 393 g/mol. The van der Waals surface area contributed by atoms with Crippen LogP contribution in [-0.4, -0.2) is 36.2 Å². The van der Waals surface area contributed by atoms with Crippen molar-refractivity contribution in [3.8, 4) is 0 Å². The Morgan fingerprint density at radius 3 is 2.36 bits per heavy atom. The number of hydrogen-bond donors (Lipinski definition) is 2. The molecule has 0 aliphatic heterocycles. The average Bonchev–Trinajstić information content (AvgIpc) is 2.74. The van der Waals surface area contributed by atoms with Gasteiger partial charge in [0.25, 0.3) is 0 Å². The van der Waals surface area contributed by atoms with Gasteiger partial charge in [-0.15, -0.1) is 11.8 Å². The number of likely N-dealkylation sites (N-methyl/N-ethyl adjacent to an activating group) is 1. The molecule has 144 valence electrons. The standard InChI is InChI=1S/C22H23N3O2S/c1-25(14-15-26)18-12-13-20(23-16-18)24-22(27)21(17-8-4-2-5-9-17)28-19-10-6-3-7-11-19/h2-13,16,21,26H,14-15H2,1H3,(H,23,24,27). The highest BCUT2D eigenvalue weighted by molar-refractivity contribution is 8.00. The van der Waals surface area contributed by atoms with E-state index < -0.39 is 0 Å². The van der Waals surface area contributed by atoms with Crippen molar-refractivity contribution in [2.75, 3.05) is 30.4 Å². The van der Waals surface area contributed by atoms with Gasteiger partial charge in [-0.2, -0.15) is 0 Å². The number of pyridine rings is 1. The fourth-order valence-electron chi connectivity index (χ4n) is 2.69. The van der Waals surface area contributed by atoms with Gasteiger partial charge in [0.05, 0.1) is 18.5 Å². The summed E-state index contributed by atoms with van der Waals surface area (Å²) in [7, 11) is 1.88. The van der Waals surface area contributed by atoms with Crippen LogP contribution in [0.3, 0.4) is 0 Å². The van der Waals surface area contributed by atoms with Crippen LogP contribution >= 0.6 is 11.8 Å². The molecule has 0 spiro atoms. The number of aliphatic hydroxyl groups is 1. The molecule has 1 atom stereocenters. The van der Waals surface area contributed by atoms with Crippen LogP contribution in [0.5, 0.6) is 0 Å². The van der Waals surface area contributed by atoms with Gasteiger partial charge >= 0.3 is 0 Å². The van der Waals surface area contributed by atoms with Crippen molar-refractivity contribution >= 4 is 29.2 Å². The van der Waals surface area contributed by atoms with Gasteiger partial charge < -0.3 is 15.3 Å². The maximum absolute atomic E-state index is 13.0. The van der Waals surface area contributed by atoms with Gasteiger partial charge in [-0.3, -0.25) is 4.79 Å². The average molecular weight is 394 g/mol. The summed E-state index contributed by atoms with van der Waals surface area (Å²) in [5, 5.41) is 11.6. The van der Waals surface area contributed by atoms with Gasteiger partial charge in [-0.25, -0.2) is 4.98 Å². The SMILES string of the molecule is CN(CCO)c1ccc(NC(=O)C(Sc2ccccc2)c2ccccc2)nc1. The molecule has 1 amide bonds. The predicted molar refractivity (Wildman–Crippen MR) is 115 cm³/mol. The molecule has 0 radical (unpaired) electrons. The number of carbonyl (C=O) groups excluding carboxylic acids is 1. The Morgan fingerprint density at radius 2 is 1.75 bits per heavy atom. The summed E-state index contributed by atoms with van der Waals surface area (Å²) in [5.74, 6) is 0.379. The molecule has 0 saturated heterocycles. The molecule has 0 aliphatic carbocycles. The van der Waals surface area contributed by atoms with Gasteiger partial charge in [0.15, 0.2) is 0 Å². The molecule has 0 fully saturated rings. The largest absolute Gasteiger partial charge is 0.395 e. The fraction of sp³-hybridized carbons (Fsp3) is 0.182. The second kappa shape index (κ2) is 9.92. The molecule has 3 aromatic rings. The summed E-state index contributed by atoms with van der Waals surface area (Å²) in [6, 6.07) is 23.3. The van der Waals surface area contributed by atoms with Crippen LogP contribution in [0.15, 0.2) is 83.9 Å². The van der Waals surface area contributed by atoms with E-state index in [4.69, 9.17) is 5.11 Å². The summed E-state index contributed by atoms with van der Waals surface area (Å²) in [6.45, 7) is 0.599. The first-order valence-corrected chi connectivity index (χ1v) is 9.91. The van der Waals surface area contributed by atoms with E-state index in [2.05, 4.69) is 10.3 Å². The third-order valence-electron chi connectivity index (χ3n) is 4.21. The summed E-state index contributed by atoms with van der Waals surface area (Å²) in [4.78, 5) is 20.3. The lowest BCUT2D eigenvalue weighted by atomic mass is 10.1. The van der Waals surface area contributed by atoms with Crippen LogP contribution in [-0.2, 0) is 4.79 Å². The Balaban J connectivity index is 1.76. The van der Waals surface area contributed by atoms with Crippen LogP contribution < -0.4 is 10.2 Å². The molecule has 1 aromatic heterocycles. The molecule has 0 bridgehead atoms. The molecule has 28 heavy (non-hydrogen) atoms. The maximum Gasteiger partial charge on any atom is 0.243 e. The third-order valence-corrected chi connectivity index (χ3v) is 5.48.